The number of amides is 2. The monoisotopic (exact) mass is 428 g/mol. The summed E-state index contributed by atoms with van der Waals surface area (Å²) in [6, 6.07) is 11.7. The lowest BCUT2D eigenvalue weighted by molar-refractivity contribution is -0.119. The van der Waals surface area contributed by atoms with Gasteiger partial charge in [0.25, 0.3) is 5.91 Å². The number of nitrogens with one attached hydrogen (secondary N) is 2. The molecule has 2 fully saturated rings. The van der Waals surface area contributed by atoms with Crippen LogP contribution in [0.3, 0.4) is 0 Å². The maximum absolute atomic E-state index is 12.6. The zero-order valence-electron chi connectivity index (χ0n) is 16.7. The third kappa shape index (κ3) is 5.04. The predicted octanol–water partition coefficient (Wildman–Crippen LogP) is 4.71. The molecule has 2 bridgehead atoms. The Hall–Kier alpha value is -1.79. The van der Waals surface area contributed by atoms with Gasteiger partial charge >= 0.3 is 0 Å². The maximum Gasteiger partial charge on any atom is 0.252 e. The van der Waals surface area contributed by atoms with Crippen molar-refractivity contribution in [3.63, 3.8) is 0 Å². The van der Waals surface area contributed by atoms with Gasteiger partial charge in [0.15, 0.2) is 0 Å². The fourth-order valence-electron chi connectivity index (χ4n) is 4.91. The summed E-state index contributed by atoms with van der Waals surface area (Å²) in [5, 5.41) is 8.18. The molecule has 29 heavy (non-hydrogen) atoms. The summed E-state index contributed by atoms with van der Waals surface area (Å²) in [5.74, 6) is 2.61. The van der Waals surface area contributed by atoms with Crippen molar-refractivity contribution in [2.75, 3.05) is 5.75 Å². The first-order valence-corrected chi connectivity index (χ1v) is 12.3. The highest BCUT2D eigenvalue weighted by Crippen LogP contribution is 2.49. The lowest BCUT2D eigenvalue weighted by Crippen LogP contribution is -2.40. The Morgan fingerprint density at radius 2 is 2.03 bits per heavy atom. The van der Waals surface area contributed by atoms with E-state index in [2.05, 4.69) is 17.6 Å². The standard InChI is InChI=1S/C23H28N2O2S2/c1-15(20-12-16-8-9-17(20)11-16)25-22(26)14-29-21-7-3-2-6-19(21)23(27)24-13-18-5-4-10-28-18/h2-7,10,15-17,20H,8-9,11-14H2,1H3,(H,24,27)(H,25,26)/t15-,16+,17+,20+/m1/s1. The molecule has 1 aromatic heterocycles. The summed E-state index contributed by atoms with van der Waals surface area (Å²) >= 11 is 3.06. The number of rotatable bonds is 8. The Morgan fingerprint density at radius 1 is 1.17 bits per heavy atom. The number of hydrogen-bond donors (Lipinski definition) is 2. The summed E-state index contributed by atoms with van der Waals surface area (Å²) in [5.41, 5.74) is 0.628. The molecule has 2 N–H and O–H groups in total. The van der Waals surface area contributed by atoms with Crippen molar-refractivity contribution in [1.29, 1.82) is 0 Å². The van der Waals surface area contributed by atoms with Crippen molar-refractivity contribution in [3.05, 3.63) is 52.2 Å². The average Bonchev–Trinajstić information content (AvgIpc) is 3.49. The Morgan fingerprint density at radius 3 is 2.76 bits per heavy atom. The van der Waals surface area contributed by atoms with Crippen LogP contribution in [0.5, 0.6) is 0 Å². The first-order valence-electron chi connectivity index (χ1n) is 10.4. The van der Waals surface area contributed by atoms with Crippen LogP contribution in [0.25, 0.3) is 0 Å². The fraction of sp³-hybridized carbons (Fsp3) is 0.478. The first-order chi connectivity index (χ1) is 14.1. The van der Waals surface area contributed by atoms with Gasteiger partial charge < -0.3 is 10.6 Å². The lowest BCUT2D eigenvalue weighted by Gasteiger charge is -2.28. The molecule has 0 saturated heterocycles. The van der Waals surface area contributed by atoms with Crippen LogP contribution in [-0.2, 0) is 11.3 Å². The van der Waals surface area contributed by atoms with Crippen LogP contribution >= 0.6 is 23.1 Å². The smallest absolute Gasteiger partial charge is 0.252 e. The van der Waals surface area contributed by atoms with Gasteiger partial charge in [-0.25, -0.2) is 0 Å². The van der Waals surface area contributed by atoms with Gasteiger partial charge in [-0.15, -0.1) is 23.1 Å². The molecule has 2 aliphatic rings. The molecule has 1 aromatic carbocycles. The summed E-state index contributed by atoms with van der Waals surface area (Å²) < 4.78 is 0. The van der Waals surface area contributed by atoms with Gasteiger partial charge in [-0.3, -0.25) is 9.59 Å². The van der Waals surface area contributed by atoms with Gasteiger partial charge in [-0.05, 0) is 67.5 Å². The molecule has 0 aliphatic heterocycles. The first kappa shape index (κ1) is 20.5. The number of benzene rings is 1. The molecule has 4 rings (SSSR count). The zero-order chi connectivity index (χ0) is 20.2. The van der Waals surface area contributed by atoms with Gasteiger partial charge in [0.2, 0.25) is 5.91 Å². The Bertz CT molecular complexity index is 852. The average molecular weight is 429 g/mol. The van der Waals surface area contributed by atoms with Crippen LogP contribution in [-0.4, -0.2) is 23.6 Å². The quantitative estimate of drug-likeness (QED) is 0.599. The van der Waals surface area contributed by atoms with Crippen molar-refractivity contribution in [1.82, 2.24) is 10.6 Å². The topological polar surface area (TPSA) is 58.2 Å². The number of thioether (sulfide) groups is 1. The van der Waals surface area contributed by atoms with Crippen molar-refractivity contribution in [3.8, 4) is 0 Å². The van der Waals surface area contributed by atoms with E-state index in [0.717, 1.165) is 21.6 Å². The van der Waals surface area contributed by atoms with Crippen molar-refractivity contribution in [2.24, 2.45) is 17.8 Å². The van der Waals surface area contributed by atoms with E-state index in [0.29, 0.717) is 23.8 Å². The minimum Gasteiger partial charge on any atom is -0.353 e. The molecule has 2 aromatic rings. The maximum atomic E-state index is 12.6. The third-order valence-corrected chi connectivity index (χ3v) is 8.27. The van der Waals surface area contributed by atoms with Gasteiger partial charge in [0.05, 0.1) is 17.9 Å². The molecule has 0 radical (unpaired) electrons. The van der Waals surface area contributed by atoms with E-state index in [4.69, 9.17) is 0 Å². The molecule has 2 amide bonds. The van der Waals surface area contributed by atoms with Crippen LogP contribution in [0.1, 0.15) is 47.8 Å². The number of fused-ring (bicyclic) bond motifs is 2. The SMILES string of the molecule is C[C@@H](NC(=O)CSc1ccccc1C(=O)NCc1cccs1)[C@@H]1C[C@H]2CC[C@H]1C2. The highest BCUT2D eigenvalue weighted by atomic mass is 32.2. The molecule has 2 aliphatic carbocycles. The Labute approximate surface area is 180 Å². The van der Waals surface area contributed by atoms with Gasteiger partial charge in [0.1, 0.15) is 0 Å². The van der Waals surface area contributed by atoms with E-state index in [1.807, 2.05) is 41.8 Å². The second kappa shape index (κ2) is 9.35. The molecule has 2 saturated carbocycles. The number of carbonyl (C=O) groups is 2. The molecule has 4 atom stereocenters. The summed E-state index contributed by atoms with van der Waals surface area (Å²) in [7, 11) is 0. The molecule has 6 heteroatoms. The third-order valence-electron chi connectivity index (χ3n) is 6.32. The van der Waals surface area contributed by atoms with E-state index in [-0.39, 0.29) is 17.9 Å². The molecule has 154 valence electrons. The number of thiophene rings is 1. The zero-order valence-corrected chi connectivity index (χ0v) is 18.4. The van der Waals surface area contributed by atoms with Crippen LogP contribution in [0, 0.1) is 17.8 Å². The van der Waals surface area contributed by atoms with E-state index in [1.54, 1.807) is 11.3 Å². The molecule has 0 spiro atoms. The van der Waals surface area contributed by atoms with Gasteiger partial charge in [0, 0.05) is 15.8 Å². The number of carbonyl (C=O) groups excluding carboxylic acids is 2. The highest BCUT2D eigenvalue weighted by Gasteiger charge is 2.42. The fourth-order valence-corrected chi connectivity index (χ4v) is 6.41. The van der Waals surface area contributed by atoms with Crippen molar-refractivity contribution >= 4 is 34.9 Å². The second-order valence-corrected chi connectivity index (χ2v) is 10.3. The van der Waals surface area contributed by atoms with E-state index in [1.165, 1.54) is 37.4 Å². The minimum atomic E-state index is -0.0998. The van der Waals surface area contributed by atoms with Gasteiger partial charge in [-0.2, -0.15) is 0 Å². The molecular formula is C23H28N2O2S2. The normalized spacial score (nSPS) is 23.7. The van der Waals surface area contributed by atoms with Gasteiger partial charge in [-0.1, -0.05) is 24.6 Å². The van der Waals surface area contributed by atoms with Crippen molar-refractivity contribution in [2.45, 2.75) is 50.1 Å². The second-order valence-electron chi connectivity index (χ2n) is 8.24. The van der Waals surface area contributed by atoms with Crippen LogP contribution in [0.4, 0.5) is 0 Å². The molecular weight excluding hydrogens is 400 g/mol. The Balaban J connectivity index is 1.29. The largest absolute Gasteiger partial charge is 0.353 e. The lowest BCUT2D eigenvalue weighted by atomic mass is 9.84. The molecule has 4 nitrogen and oxygen atoms in total. The summed E-state index contributed by atoms with van der Waals surface area (Å²) in [4.78, 5) is 27.1. The van der Waals surface area contributed by atoms with E-state index < -0.39 is 0 Å². The van der Waals surface area contributed by atoms with Crippen LogP contribution < -0.4 is 10.6 Å². The minimum absolute atomic E-state index is 0.0547. The van der Waals surface area contributed by atoms with E-state index in [9.17, 15) is 9.59 Å². The van der Waals surface area contributed by atoms with E-state index >= 15 is 0 Å². The molecule has 0 unspecified atom stereocenters. The molecule has 1 heterocycles. The Kier molecular flexibility index (Phi) is 6.60. The number of hydrogen-bond acceptors (Lipinski definition) is 4. The predicted molar refractivity (Wildman–Crippen MR) is 119 cm³/mol. The summed E-state index contributed by atoms with van der Waals surface area (Å²) in [6.45, 7) is 2.68. The van der Waals surface area contributed by atoms with Crippen LogP contribution in [0.2, 0.25) is 0 Å². The summed E-state index contributed by atoms with van der Waals surface area (Å²) in [6.07, 6.45) is 5.33. The highest BCUT2D eigenvalue weighted by molar-refractivity contribution is 8.00. The van der Waals surface area contributed by atoms with Crippen molar-refractivity contribution < 1.29 is 9.59 Å². The van der Waals surface area contributed by atoms with Crippen LogP contribution in [0.15, 0.2) is 46.7 Å².